The summed E-state index contributed by atoms with van der Waals surface area (Å²) in [6.45, 7) is 2.02. The number of nitrogens with zero attached hydrogens (tertiary/aromatic N) is 1. The van der Waals surface area contributed by atoms with Crippen LogP contribution < -0.4 is 5.32 Å². The summed E-state index contributed by atoms with van der Waals surface area (Å²) < 4.78 is 0. The predicted octanol–water partition coefficient (Wildman–Crippen LogP) is 4.34. The lowest BCUT2D eigenvalue weighted by Crippen LogP contribution is -2.35. The Morgan fingerprint density at radius 3 is 2.41 bits per heavy atom. The maximum Gasteiger partial charge on any atom is 0.243 e. The number of thioether (sulfide) groups is 1. The average Bonchev–Trinajstić information content (AvgIpc) is 2.67. The van der Waals surface area contributed by atoms with E-state index < -0.39 is 0 Å². The molecule has 0 heterocycles. The van der Waals surface area contributed by atoms with Gasteiger partial charge in [-0.2, -0.15) is 0 Å². The van der Waals surface area contributed by atoms with E-state index in [-0.39, 0.29) is 18.4 Å². The Morgan fingerprint density at radius 1 is 0.963 bits per heavy atom. The van der Waals surface area contributed by atoms with E-state index in [0.29, 0.717) is 5.75 Å². The van der Waals surface area contributed by atoms with Gasteiger partial charge in [0, 0.05) is 17.6 Å². The molecule has 0 atom stereocenters. The number of carbonyl (C=O) groups is 2. The molecule has 4 nitrogen and oxygen atoms in total. The van der Waals surface area contributed by atoms with Crippen LogP contribution in [0.5, 0.6) is 0 Å². The van der Waals surface area contributed by atoms with Gasteiger partial charge in [0.2, 0.25) is 11.8 Å². The Hall–Kier alpha value is -2.79. The Morgan fingerprint density at radius 2 is 1.67 bits per heavy atom. The van der Waals surface area contributed by atoms with Gasteiger partial charge in [0.05, 0.1) is 12.3 Å². The summed E-state index contributed by atoms with van der Waals surface area (Å²) in [4.78, 5) is 27.0. The molecule has 1 N–H and O–H groups in total. The van der Waals surface area contributed by atoms with Gasteiger partial charge in [0.25, 0.3) is 0 Å². The predicted molar refractivity (Wildman–Crippen MR) is 112 cm³/mol. The molecule has 0 radical (unpaired) electrons. The van der Waals surface area contributed by atoms with Crippen molar-refractivity contribution in [1.82, 2.24) is 4.90 Å². The second kappa shape index (κ2) is 8.73. The maximum absolute atomic E-state index is 12.3. The number of anilines is 1. The minimum Gasteiger partial charge on any atom is -0.336 e. The summed E-state index contributed by atoms with van der Waals surface area (Å²) in [5.74, 6) is 0.0183. The zero-order valence-electron chi connectivity index (χ0n) is 15.4. The minimum atomic E-state index is -0.203. The molecule has 0 unspecified atom stereocenters. The van der Waals surface area contributed by atoms with Gasteiger partial charge in [-0.05, 0) is 42.0 Å². The van der Waals surface area contributed by atoms with Gasteiger partial charge in [-0.3, -0.25) is 9.59 Å². The van der Waals surface area contributed by atoms with Crippen LogP contribution in [0.1, 0.15) is 5.56 Å². The molecule has 5 heteroatoms. The Labute approximate surface area is 163 Å². The molecule has 3 aromatic carbocycles. The molecule has 0 spiro atoms. The summed E-state index contributed by atoms with van der Waals surface area (Å²) in [5, 5.41) is 5.14. The number of benzene rings is 3. The molecule has 27 heavy (non-hydrogen) atoms. The first-order chi connectivity index (χ1) is 13.0. The number of rotatable bonds is 6. The summed E-state index contributed by atoms with van der Waals surface area (Å²) in [7, 11) is 1.65. The van der Waals surface area contributed by atoms with Crippen molar-refractivity contribution in [3.8, 4) is 0 Å². The zero-order valence-corrected chi connectivity index (χ0v) is 16.3. The third-order valence-corrected chi connectivity index (χ3v) is 5.20. The molecule has 0 aliphatic rings. The average molecular weight is 378 g/mol. The Bertz CT molecular complexity index is 954. The highest BCUT2D eigenvalue weighted by atomic mass is 32.2. The summed E-state index contributed by atoms with van der Waals surface area (Å²) in [6.07, 6.45) is 0. The van der Waals surface area contributed by atoms with Gasteiger partial charge in [-0.1, -0.05) is 48.0 Å². The van der Waals surface area contributed by atoms with Crippen LogP contribution in [-0.2, 0) is 9.59 Å². The third kappa shape index (κ3) is 5.34. The number of amides is 2. The second-order valence-electron chi connectivity index (χ2n) is 6.46. The van der Waals surface area contributed by atoms with E-state index in [0.717, 1.165) is 21.5 Å². The van der Waals surface area contributed by atoms with Gasteiger partial charge in [-0.15, -0.1) is 11.8 Å². The number of hydrogen-bond acceptors (Lipinski definition) is 3. The Kier molecular flexibility index (Phi) is 6.14. The van der Waals surface area contributed by atoms with Crippen LogP contribution in [0.2, 0.25) is 0 Å². The van der Waals surface area contributed by atoms with Gasteiger partial charge in [0.15, 0.2) is 0 Å². The number of nitrogens with one attached hydrogen (secondary N) is 1. The van der Waals surface area contributed by atoms with Crippen LogP contribution in [0.25, 0.3) is 10.8 Å². The molecular formula is C22H22N2O2S. The third-order valence-electron chi connectivity index (χ3n) is 4.23. The van der Waals surface area contributed by atoms with E-state index in [1.807, 2.05) is 49.4 Å². The highest BCUT2D eigenvalue weighted by Gasteiger charge is 2.13. The van der Waals surface area contributed by atoms with Crippen LogP contribution in [0.4, 0.5) is 5.69 Å². The van der Waals surface area contributed by atoms with E-state index in [4.69, 9.17) is 0 Å². The SMILES string of the molecule is Cc1ccc(NC(=O)CN(C)C(=O)CSc2ccc3ccccc3c2)cc1. The fourth-order valence-electron chi connectivity index (χ4n) is 2.65. The van der Waals surface area contributed by atoms with Crippen LogP contribution >= 0.6 is 11.8 Å². The molecule has 0 aliphatic carbocycles. The van der Waals surface area contributed by atoms with Crippen molar-refractivity contribution in [3.05, 3.63) is 72.3 Å². The van der Waals surface area contributed by atoms with Crippen LogP contribution in [-0.4, -0.2) is 36.1 Å². The monoisotopic (exact) mass is 378 g/mol. The summed E-state index contributed by atoms with van der Waals surface area (Å²) >= 11 is 1.48. The summed E-state index contributed by atoms with van der Waals surface area (Å²) in [5.41, 5.74) is 1.86. The first-order valence-corrected chi connectivity index (χ1v) is 9.72. The van der Waals surface area contributed by atoms with Crippen molar-refractivity contribution in [2.24, 2.45) is 0 Å². The molecule has 0 bridgehead atoms. The van der Waals surface area contributed by atoms with Crippen LogP contribution in [0.3, 0.4) is 0 Å². The van der Waals surface area contributed by atoms with Crippen molar-refractivity contribution in [2.75, 3.05) is 24.7 Å². The fraction of sp³-hybridized carbons (Fsp3) is 0.182. The van der Waals surface area contributed by atoms with E-state index in [2.05, 4.69) is 29.6 Å². The van der Waals surface area contributed by atoms with Crippen molar-refractivity contribution < 1.29 is 9.59 Å². The standard InChI is InChI=1S/C22H22N2O2S/c1-16-7-10-19(11-8-16)23-21(25)14-24(2)22(26)15-27-20-12-9-17-5-3-4-6-18(17)13-20/h3-13H,14-15H2,1-2H3,(H,23,25). The molecule has 3 rings (SSSR count). The fourth-order valence-corrected chi connectivity index (χ4v) is 3.54. The minimum absolute atomic E-state index is 0.0327. The van der Waals surface area contributed by atoms with Gasteiger partial charge in [-0.25, -0.2) is 0 Å². The lowest BCUT2D eigenvalue weighted by molar-refractivity contribution is -0.131. The molecule has 0 fully saturated rings. The topological polar surface area (TPSA) is 49.4 Å². The molecule has 0 aromatic heterocycles. The van der Waals surface area contributed by atoms with Gasteiger partial charge >= 0.3 is 0 Å². The molecule has 0 aliphatic heterocycles. The zero-order chi connectivity index (χ0) is 19.2. The lowest BCUT2D eigenvalue weighted by atomic mass is 10.1. The highest BCUT2D eigenvalue weighted by molar-refractivity contribution is 8.00. The lowest BCUT2D eigenvalue weighted by Gasteiger charge is -2.16. The number of carbonyl (C=O) groups excluding carboxylic acids is 2. The van der Waals surface area contributed by atoms with E-state index in [1.165, 1.54) is 22.0 Å². The van der Waals surface area contributed by atoms with Crippen LogP contribution in [0, 0.1) is 6.92 Å². The van der Waals surface area contributed by atoms with Crippen molar-refractivity contribution >= 4 is 40.0 Å². The summed E-state index contributed by atoms with van der Waals surface area (Å²) in [6, 6.07) is 21.9. The van der Waals surface area contributed by atoms with Gasteiger partial charge < -0.3 is 10.2 Å². The van der Waals surface area contributed by atoms with Crippen molar-refractivity contribution in [3.63, 3.8) is 0 Å². The first-order valence-electron chi connectivity index (χ1n) is 8.73. The van der Waals surface area contributed by atoms with Crippen LogP contribution in [0.15, 0.2) is 71.6 Å². The largest absolute Gasteiger partial charge is 0.336 e. The molecule has 0 saturated heterocycles. The smallest absolute Gasteiger partial charge is 0.243 e. The number of fused-ring (bicyclic) bond motifs is 1. The molecular weight excluding hydrogens is 356 g/mol. The normalized spacial score (nSPS) is 10.6. The molecule has 2 amide bonds. The molecule has 138 valence electrons. The van der Waals surface area contributed by atoms with E-state index in [1.54, 1.807) is 7.05 Å². The highest BCUT2D eigenvalue weighted by Crippen LogP contribution is 2.23. The molecule has 0 saturated carbocycles. The van der Waals surface area contributed by atoms with E-state index >= 15 is 0 Å². The van der Waals surface area contributed by atoms with Crippen molar-refractivity contribution in [2.45, 2.75) is 11.8 Å². The number of aryl methyl sites for hydroxylation is 1. The molecule has 3 aromatic rings. The first kappa shape index (κ1) is 19.0. The van der Waals surface area contributed by atoms with Gasteiger partial charge in [0.1, 0.15) is 0 Å². The number of hydrogen-bond donors (Lipinski definition) is 1. The quantitative estimate of drug-likeness (QED) is 0.649. The Balaban J connectivity index is 1.50. The number of likely N-dealkylation sites (N-methyl/N-ethyl adjacent to an activating group) is 1. The second-order valence-corrected chi connectivity index (χ2v) is 7.51. The van der Waals surface area contributed by atoms with Crippen molar-refractivity contribution in [1.29, 1.82) is 0 Å². The van der Waals surface area contributed by atoms with E-state index in [9.17, 15) is 9.59 Å². The maximum atomic E-state index is 12.3.